The molecular weight excluding hydrogens is 240 g/mol. The molecule has 4 nitrogen and oxygen atoms in total. The number of nitrogens with one attached hydrogen (secondary N) is 1. The van der Waals surface area contributed by atoms with Crippen molar-refractivity contribution in [3.8, 4) is 5.75 Å². The smallest absolute Gasteiger partial charge is 0.258 e. The normalized spacial score (nSPS) is 23.4. The lowest BCUT2D eigenvalue weighted by Gasteiger charge is -2.16. The van der Waals surface area contributed by atoms with Gasteiger partial charge < -0.3 is 15.8 Å². The lowest BCUT2D eigenvalue weighted by Crippen LogP contribution is -2.37. The minimum atomic E-state index is -0.0516. The summed E-state index contributed by atoms with van der Waals surface area (Å²) in [5.74, 6) is 0.671. The minimum absolute atomic E-state index is 0.0516. The van der Waals surface area contributed by atoms with Crippen molar-refractivity contribution >= 4 is 5.91 Å². The molecule has 0 aliphatic heterocycles. The van der Waals surface area contributed by atoms with Gasteiger partial charge in [0, 0.05) is 12.1 Å². The van der Waals surface area contributed by atoms with Gasteiger partial charge in [-0.15, -0.1) is 0 Å². The van der Waals surface area contributed by atoms with Crippen LogP contribution in [0.5, 0.6) is 5.75 Å². The Bertz CT molecular complexity index is 394. The molecule has 0 spiro atoms. The topological polar surface area (TPSA) is 64.3 Å². The molecule has 1 amide bonds. The first-order valence-corrected chi connectivity index (χ1v) is 6.97. The third kappa shape index (κ3) is 4.91. The van der Waals surface area contributed by atoms with Crippen molar-refractivity contribution in [2.75, 3.05) is 6.61 Å². The van der Waals surface area contributed by atoms with E-state index >= 15 is 0 Å². The van der Waals surface area contributed by atoms with Gasteiger partial charge in [-0.3, -0.25) is 4.79 Å². The van der Waals surface area contributed by atoms with Crippen LogP contribution in [0.2, 0.25) is 0 Å². The number of amides is 1. The van der Waals surface area contributed by atoms with Crippen molar-refractivity contribution in [1.29, 1.82) is 0 Å². The Kier molecular flexibility index (Phi) is 5.21. The molecule has 1 aromatic rings. The molecule has 3 N–H and O–H groups in total. The van der Waals surface area contributed by atoms with Crippen LogP contribution in [0.15, 0.2) is 30.3 Å². The van der Waals surface area contributed by atoms with E-state index in [2.05, 4.69) is 5.32 Å². The number of ether oxygens (including phenoxy) is 1. The predicted molar refractivity (Wildman–Crippen MR) is 74.9 cm³/mol. The van der Waals surface area contributed by atoms with Gasteiger partial charge in [-0.05, 0) is 44.2 Å². The molecule has 2 unspecified atom stereocenters. The summed E-state index contributed by atoms with van der Waals surface area (Å²) in [7, 11) is 0. The van der Waals surface area contributed by atoms with Crippen molar-refractivity contribution in [2.45, 2.75) is 44.2 Å². The highest BCUT2D eigenvalue weighted by molar-refractivity contribution is 5.77. The highest BCUT2D eigenvalue weighted by Gasteiger charge is 2.18. The van der Waals surface area contributed by atoms with Gasteiger partial charge in [0.25, 0.3) is 5.91 Å². The van der Waals surface area contributed by atoms with Crippen LogP contribution in [0.3, 0.4) is 0 Å². The first kappa shape index (κ1) is 13.9. The van der Waals surface area contributed by atoms with Crippen LogP contribution in [-0.2, 0) is 4.79 Å². The van der Waals surface area contributed by atoms with Crippen LogP contribution in [-0.4, -0.2) is 24.6 Å². The average molecular weight is 262 g/mol. The maximum atomic E-state index is 11.8. The molecule has 0 heterocycles. The molecular formula is C15H22N2O2. The van der Waals surface area contributed by atoms with E-state index in [0.717, 1.165) is 37.9 Å². The van der Waals surface area contributed by atoms with Crippen molar-refractivity contribution in [1.82, 2.24) is 5.32 Å². The number of benzene rings is 1. The number of para-hydroxylation sites is 1. The number of rotatable bonds is 4. The Hall–Kier alpha value is -1.55. The maximum Gasteiger partial charge on any atom is 0.258 e. The summed E-state index contributed by atoms with van der Waals surface area (Å²) in [5.41, 5.74) is 5.93. The Morgan fingerprint density at radius 3 is 2.79 bits per heavy atom. The molecule has 104 valence electrons. The van der Waals surface area contributed by atoms with Crippen LogP contribution in [0.25, 0.3) is 0 Å². The third-order valence-corrected chi connectivity index (χ3v) is 3.49. The molecule has 0 bridgehead atoms. The quantitative estimate of drug-likeness (QED) is 0.814. The zero-order valence-corrected chi connectivity index (χ0v) is 11.2. The second-order valence-electron chi connectivity index (χ2n) is 5.13. The number of hydrogen-bond donors (Lipinski definition) is 2. The second kappa shape index (κ2) is 7.14. The lowest BCUT2D eigenvalue weighted by molar-refractivity contribution is -0.123. The molecule has 0 saturated heterocycles. The summed E-state index contributed by atoms with van der Waals surface area (Å²) in [6.45, 7) is 0.0760. The van der Waals surface area contributed by atoms with E-state index < -0.39 is 0 Å². The van der Waals surface area contributed by atoms with E-state index in [-0.39, 0.29) is 18.6 Å². The van der Waals surface area contributed by atoms with E-state index in [4.69, 9.17) is 10.5 Å². The largest absolute Gasteiger partial charge is 0.484 e. The zero-order valence-electron chi connectivity index (χ0n) is 11.2. The van der Waals surface area contributed by atoms with Crippen molar-refractivity contribution in [2.24, 2.45) is 5.73 Å². The fourth-order valence-electron chi connectivity index (χ4n) is 2.41. The fourth-order valence-corrected chi connectivity index (χ4v) is 2.41. The summed E-state index contributed by atoms with van der Waals surface area (Å²) in [5, 5.41) is 3.03. The SMILES string of the molecule is NC1CCCC(NC(=O)COc2ccccc2)CC1. The second-order valence-corrected chi connectivity index (χ2v) is 5.13. The van der Waals surface area contributed by atoms with Gasteiger partial charge in [0.15, 0.2) is 6.61 Å². The Morgan fingerprint density at radius 1 is 1.21 bits per heavy atom. The molecule has 0 radical (unpaired) electrons. The monoisotopic (exact) mass is 262 g/mol. The summed E-state index contributed by atoms with van der Waals surface area (Å²) in [4.78, 5) is 11.8. The van der Waals surface area contributed by atoms with Crippen LogP contribution < -0.4 is 15.8 Å². The zero-order chi connectivity index (χ0) is 13.5. The minimum Gasteiger partial charge on any atom is -0.484 e. The lowest BCUT2D eigenvalue weighted by atomic mass is 10.1. The number of carbonyl (C=O) groups excluding carboxylic acids is 1. The molecule has 1 aliphatic rings. The predicted octanol–water partition coefficient (Wildman–Crippen LogP) is 1.84. The fraction of sp³-hybridized carbons (Fsp3) is 0.533. The third-order valence-electron chi connectivity index (χ3n) is 3.49. The standard InChI is InChI=1S/C15H22N2O2/c16-12-5-4-6-13(10-9-12)17-15(18)11-19-14-7-2-1-3-8-14/h1-3,7-8,12-13H,4-6,9-11,16H2,(H,17,18). The molecule has 1 aromatic carbocycles. The van der Waals surface area contributed by atoms with Gasteiger partial charge in [0.05, 0.1) is 0 Å². The molecule has 19 heavy (non-hydrogen) atoms. The molecule has 1 aliphatic carbocycles. The summed E-state index contributed by atoms with van der Waals surface area (Å²) in [6, 6.07) is 9.93. The van der Waals surface area contributed by atoms with Crippen molar-refractivity contribution in [3.63, 3.8) is 0 Å². The van der Waals surface area contributed by atoms with Gasteiger partial charge in [-0.1, -0.05) is 18.2 Å². The van der Waals surface area contributed by atoms with Crippen LogP contribution in [0.4, 0.5) is 0 Å². The summed E-state index contributed by atoms with van der Waals surface area (Å²) in [6.07, 6.45) is 5.13. The van der Waals surface area contributed by atoms with Crippen LogP contribution in [0.1, 0.15) is 32.1 Å². The Labute approximate surface area is 114 Å². The van der Waals surface area contributed by atoms with Gasteiger partial charge in [0.1, 0.15) is 5.75 Å². The van der Waals surface area contributed by atoms with E-state index in [1.54, 1.807) is 0 Å². The number of carbonyl (C=O) groups is 1. The molecule has 2 rings (SSSR count). The van der Waals surface area contributed by atoms with E-state index in [1.165, 1.54) is 0 Å². The highest BCUT2D eigenvalue weighted by Crippen LogP contribution is 2.16. The van der Waals surface area contributed by atoms with Gasteiger partial charge in [-0.2, -0.15) is 0 Å². The summed E-state index contributed by atoms with van der Waals surface area (Å²) < 4.78 is 5.42. The van der Waals surface area contributed by atoms with E-state index in [9.17, 15) is 4.79 Å². The molecule has 1 fully saturated rings. The first-order valence-electron chi connectivity index (χ1n) is 6.97. The van der Waals surface area contributed by atoms with Gasteiger partial charge in [-0.25, -0.2) is 0 Å². The maximum absolute atomic E-state index is 11.8. The Morgan fingerprint density at radius 2 is 2.00 bits per heavy atom. The molecule has 2 atom stereocenters. The highest BCUT2D eigenvalue weighted by atomic mass is 16.5. The van der Waals surface area contributed by atoms with Crippen LogP contribution >= 0.6 is 0 Å². The molecule has 0 aromatic heterocycles. The summed E-state index contributed by atoms with van der Waals surface area (Å²) >= 11 is 0. The van der Waals surface area contributed by atoms with Crippen LogP contribution in [0, 0.1) is 0 Å². The van der Waals surface area contributed by atoms with E-state index in [0.29, 0.717) is 6.04 Å². The van der Waals surface area contributed by atoms with Gasteiger partial charge >= 0.3 is 0 Å². The van der Waals surface area contributed by atoms with Gasteiger partial charge in [0.2, 0.25) is 0 Å². The number of hydrogen-bond acceptors (Lipinski definition) is 3. The number of nitrogens with two attached hydrogens (primary N) is 1. The van der Waals surface area contributed by atoms with Crippen molar-refractivity contribution in [3.05, 3.63) is 30.3 Å². The van der Waals surface area contributed by atoms with Crippen molar-refractivity contribution < 1.29 is 9.53 Å². The first-order chi connectivity index (χ1) is 9.24. The molecule has 1 saturated carbocycles. The molecule has 4 heteroatoms. The average Bonchev–Trinajstić information content (AvgIpc) is 2.63. The van der Waals surface area contributed by atoms with E-state index in [1.807, 2.05) is 30.3 Å². The Balaban J connectivity index is 1.72.